The second-order valence-corrected chi connectivity index (χ2v) is 5.34. The van der Waals surface area contributed by atoms with Crippen molar-refractivity contribution >= 4 is 11.6 Å². The number of rotatable bonds is 4. The van der Waals surface area contributed by atoms with E-state index in [-0.39, 0.29) is 11.9 Å². The molecule has 1 unspecified atom stereocenters. The van der Waals surface area contributed by atoms with Gasteiger partial charge >= 0.3 is 0 Å². The van der Waals surface area contributed by atoms with E-state index < -0.39 is 0 Å². The number of carbonyl (C=O) groups is 1. The smallest absolute Gasteiger partial charge is 0.251 e. The molecule has 1 atom stereocenters. The highest BCUT2D eigenvalue weighted by molar-refractivity contribution is 5.95. The number of anilines is 1. The van der Waals surface area contributed by atoms with Crippen LogP contribution in [0.4, 0.5) is 5.69 Å². The lowest BCUT2D eigenvalue weighted by molar-refractivity contribution is 0.0939. The molecule has 2 N–H and O–H groups in total. The van der Waals surface area contributed by atoms with Gasteiger partial charge in [0.2, 0.25) is 0 Å². The lowest BCUT2D eigenvalue weighted by atomic mass is 10.1. The molecule has 1 amide bonds. The Bertz CT molecular complexity index is 659. The fourth-order valence-electron chi connectivity index (χ4n) is 2.52. The Labute approximate surface area is 125 Å². The van der Waals surface area contributed by atoms with Crippen LogP contribution in [0.15, 0.2) is 28.7 Å². The van der Waals surface area contributed by atoms with E-state index in [1.54, 1.807) is 0 Å². The maximum atomic E-state index is 12.3. The summed E-state index contributed by atoms with van der Waals surface area (Å²) in [6, 6.07) is 7.52. The van der Waals surface area contributed by atoms with Crippen molar-refractivity contribution < 1.29 is 9.21 Å². The summed E-state index contributed by atoms with van der Waals surface area (Å²) in [7, 11) is 1.87. The van der Waals surface area contributed by atoms with Crippen molar-refractivity contribution in [2.75, 3.05) is 12.4 Å². The lowest BCUT2D eigenvalue weighted by Crippen LogP contribution is -2.26. The third-order valence-electron chi connectivity index (χ3n) is 3.65. The Hall–Kier alpha value is -2.23. The molecule has 4 nitrogen and oxygen atoms in total. The van der Waals surface area contributed by atoms with E-state index in [1.807, 2.05) is 59.0 Å². The quantitative estimate of drug-likeness (QED) is 0.900. The van der Waals surface area contributed by atoms with Gasteiger partial charge in [-0.2, -0.15) is 0 Å². The Morgan fingerprint density at radius 2 is 1.90 bits per heavy atom. The lowest BCUT2D eigenvalue weighted by Gasteiger charge is -2.14. The number of hydrogen-bond acceptors (Lipinski definition) is 3. The van der Waals surface area contributed by atoms with Gasteiger partial charge in [-0.1, -0.05) is 0 Å². The summed E-state index contributed by atoms with van der Waals surface area (Å²) in [6.45, 7) is 7.77. The molecule has 0 aliphatic carbocycles. The fraction of sp³-hybridized carbons (Fsp3) is 0.353. The van der Waals surface area contributed by atoms with Crippen LogP contribution in [0.3, 0.4) is 0 Å². The third-order valence-corrected chi connectivity index (χ3v) is 3.65. The first-order valence-electron chi connectivity index (χ1n) is 7.08. The molecular formula is C17H22N2O2. The van der Waals surface area contributed by atoms with Gasteiger partial charge in [-0.25, -0.2) is 0 Å². The Morgan fingerprint density at radius 3 is 2.43 bits per heavy atom. The molecule has 112 valence electrons. The van der Waals surface area contributed by atoms with Crippen LogP contribution >= 0.6 is 0 Å². The van der Waals surface area contributed by atoms with E-state index in [0.29, 0.717) is 5.56 Å². The molecule has 2 aromatic rings. The van der Waals surface area contributed by atoms with Crippen molar-refractivity contribution in [3.05, 3.63) is 52.5 Å². The summed E-state index contributed by atoms with van der Waals surface area (Å²) in [5.41, 5.74) is 3.76. The maximum Gasteiger partial charge on any atom is 0.251 e. The molecule has 0 saturated carbocycles. The van der Waals surface area contributed by atoms with Crippen LogP contribution in [-0.2, 0) is 0 Å². The molecule has 2 rings (SSSR count). The molecule has 0 saturated heterocycles. The van der Waals surface area contributed by atoms with Gasteiger partial charge in [0.1, 0.15) is 11.5 Å². The average molecular weight is 286 g/mol. The summed E-state index contributed by atoms with van der Waals surface area (Å²) in [5, 5.41) is 6.11. The van der Waals surface area contributed by atoms with Gasteiger partial charge in [-0.15, -0.1) is 0 Å². The first kappa shape index (κ1) is 15.2. The van der Waals surface area contributed by atoms with Gasteiger partial charge in [0.15, 0.2) is 0 Å². The van der Waals surface area contributed by atoms with Crippen molar-refractivity contribution in [2.45, 2.75) is 33.7 Å². The Morgan fingerprint density at radius 1 is 1.19 bits per heavy atom. The molecule has 1 heterocycles. The predicted molar refractivity (Wildman–Crippen MR) is 84.8 cm³/mol. The van der Waals surface area contributed by atoms with Crippen LogP contribution in [0, 0.1) is 20.8 Å². The molecule has 0 spiro atoms. The predicted octanol–water partition coefficient (Wildman–Crippen LogP) is 3.74. The van der Waals surface area contributed by atoms with Gasteiger partial charge in [0.05, 0.1) is 6.04 Å². The largest absolute Gasteiger partial charge is 0.466 e. The number of benzene rings is 1. The SMILES string of the molecule is CNc1ccc(C(=O)NC(C)c2cc(C)oc2C)cc1C. The first-order chi connectivity index (χ1) is 9.92. The van der Waals surface area contributed by atoms with Gasteiger partial charge in [0.25, 0.3) is 5.91 Å². The number of furan rings is 1. The van der Waals surface area contributed by atoms with Crippen LogP contribution < -0.4 is 10.6 Å². The number of aryl methyl sites for hydroxylation is 3. The van der Waals surface area contributed by atoms with Crippen molar-refractivity contribution in [3.8, 4) is 0 Å². The number of nitrogens with one attached hydrogen (secondary N) is 2. The first-order valence-corrected chi connectivity index (χ1v) is 7.08. The van der Waals surface area contributed by atoms with E-state index in [1.165, 1.54) is 0 Å². The van der Waals surface area contributed by atoms with Gasteiger partial charge in [-0.3, -0.25) is 4.79 Å². The highest BCUT2D eigenvalue weighted by atomic mass is 16.3. The minimum absolute atomic E-state index is 0.0773. The summed E-state index contributed by atoms with van der Waals surface area (Å²) in [5.74, 6) is 1.63. The molecular weight excluding hydrogens is 264 g/mol. The van der Waals surface area contributed by atoms with Gasteiger partial charge in [-0.05, 0) is 57.5 Å². The molecule has 1 aromatic carbocycles. The molecule has 4 heteroatoms. The summed E-state index contributed by atoms with van der Waals surface area (Å²) in [6.07, 6.45) is 0. The summed E-state index contributed by atoms with van der Waals surface area (Å²) in [4.78, 5) is 12.3. The maximum absolute atomic E-state index is 12.3. The molecule has 21 heavy (non-hydrogen) atoms. The van der Waals surface area contributed by atoms with Crippen LogP contribution in [0.1, 0.15) is 46.0 Å². The number of amides is 1. The molecule has 0 fully saturated rings. The Kier molecular flexibility index (Phi) is 4.36. The zero-order valence-electron chi connectivity index (χ0n) is 13.2. The molecule has 0 aliphatic rings. The second-order valence-electron chi connectivity index (χ2n) is 5.34. The summed E-state index contributed by atoms with van der Waals surface area (Å²) < 4.78 is 5.51. The molecule has 0 aliphatic heterocycles. The Balaban J connectivity index is 2.14. The van der Waals surface area contributed by atoms with Crippen molar-refractivity contribution in [1.82, 2.24) is 5.32 Å². The van der Waals surface area contributed by atoms with Crippen LogP contribution in [-0.4, -0.2) is 13.0 Å². The van der Waals surface area contributed by atoms with Crippen LogP contribution in [0.2, 0.25) is 0 Å². The zero-order valence-corrected chi connectivity index (χ0v) is 13.2. The fourth-order valence-corrected chi connectivity index (χ4v) is 2.52. The topological polar surface area (TPSA) is 54.3 Å². The van der Waals surface area contributed by atoms with E-state index >= 15 is 0 Å². The molecule has 0 radical (unpaired) electrons. The standard InChI is InChI=1S/C17H22N2O2/c1-10-8-14(6-7-16(10)18-5)17(20)19-12(3)15-9-11(2)21-13(15)4/h6-9,12,18H,1-5H3,(H,19,20). The van der Waals surface area contributed by atoms with E-state index in [4.69, 9.17) is 4.42 Å². The minimum Gasteiger partial charge on any atom is -0.466 e. The van der Waals surface area contributed by atoms with Crippen LogP contribution in [0.25, 0.3) is 0 Å². The zero-order chi connectivity index (χ0) is 15.6. The number of hydrogen-bond donors (Lipinski definition) is 2. The van der Waals surface area contributed by atoms with Crippen molar-refractivity contribution in [2.24, 2.45) is 0 Å². The third kappa shape index (κ3) is 3.27. The highest BCUT2D eigenvalue weighted by Gasteiger charge is 2.16. The molecule has 0 bridgehead atoms. The monoisotopic (exact) mass is 286 g/mol. The minimum atomic E-state index is -0.0840. The highest BCUT2D eigenvalue weighted by Crippen LogP contribution is 2.22. The van der Waals surface area contributed by atoms with E-state index in [9.17, 15) is 4.79 Å². The van der Waals surface area contributed by atoms with Gasteiger partial charge in [0, 0.05) is 23.9 Å². The van der Waals surface area contributed by atoms with E-state index in [2.05, 4.69) is 10.6 Å². The van der Waals surface area contributed by atoms with Crippen molar-refractivity contribution in [1.29, 1.82) is 0 Å². The van der Waals surface area contributed by atoms with Crippen LogP contribution in [0.5, 0.6) is 0 Å². The molecule has 1 aromatic heterocycles. The normalized spacial score (nSPS) is 12.0. The second kappa shape index (κ2) is 6.04. The van der Waals surface area contributed by atoms with E-state index in [0.717, 1.165) is 28.3 Å². The number of carbonyl (C=O) groups excluding carboxylic acids is 1. The van der Waals surface area contributed by atoms with Crippen molar-refractivity contribution in [3.63, 3.8) is 0 Å². The van der Waals surface area contributed by atoms with Gasteiger partial charge < -0.3 is 15.1 Å². The summed E-state index contributed by atoms with van der Waals surface area (Å²) >= 11 is 0. The average Bonchev–Trinajstić information content (AvgIpc) is 2.77.